The van der Waals surface area contributed by atoms with Gasteiger partial charge in [-0.3, -0.25) is 15.2 Å². The lowest BCUT2D eigenvalue weighted by Gasteiger charge is -2.20. The third kappa shape index (κ3) is 3.99. The van der Waals surface area contributed by atoms with Crippen molar-refractivity contribution in [2.75, 3.05) is 7.11 Å². The molecule has 0 radical (unpaired) electrons. The molecule has 2 aliphatic heterocycles. The SMILES string of the molecule is COc1cc(/C=C2\C(=N)N3N=C(c4ccncc4)SC3=NC2=O)ccc1OC(=O)c1ccco1. The number of benzene rings is 1. The number of esters is 1. The number of amidine groups is 2. The maximum absolute atomic E-state index is 12.7. The summed E-state index contributed by atoms with van der Waals surface area (Å²) in [7, 11) is 1.43. The van der Waals surface area contributed by atoms with Crippen molar-refractivity contribution >= 4 is 45.8 Å². The van der Waals surface area contributed by atoms with E-state index in [0.717, 1.165) is 5.56 Å². The molecule has 1 N–H and O–H groups in total. The van der Waals surface area contributed by atoms with Gasteiger partial charge in [0.25, 0.3) is 5.91 Å². The molecule has 3 aromatic rings. The molecule has 0 atom stereocenters. The number of nitrogens with one attached hydrogen (secondary N) is 1. The van der Waals surface area contributed by atoms with Crippen molar-refractivity contribution in [3.8, 4) is 11.5 Å². The quantitative estimate of drug-likeness (QED) is 0.338. The molecule has 2 aliphatic rings. The standard InChI is InChI=1S/C23H15N5O5S/c1-31-18-12-13(4-5-16(18)33-22(30)17-3-2-10-32-17)11-15-19(24)28-23(26-20(15)29)34-21(27-28)14-6-8-25-9-7-14/h2-12,24H,1H3/b15-11+,24-19?. The third-order valence-electron chi connectivity index (χ3n) is 4.81. The number of rotatable bonds is 5. The van der Waals surface area contributed by atoms with Crippen LogP contribution in [0.4, 0.5) is 0 Å². The fourth-order valence-corrected chi connectivity index (χ4v) is 4.07. The molecular formula is C23H15N5O5S. The molecule has 0 fully saturated rings. The van der Waals surface area contributed by atoms with Crippen molar-refractivity contribution < 1.29 is 23.5 Å². The maximum atomic E-state index is 12.7. The van der Waals surface area contributed by atoms with Gasteiger partial charge in [0, 0.05) is 18.0 Å². The molecule has 0 saturated carbocycles. The number of ether oxygens (including phenoxy) is 2. The monoisotopic (exact) mass is 473 g/mol. The number of aromatic nitrogens is 1. The minimum atomic E-state index is -0.671. The summed E-state index contributed by atoms with van der Waals surface area (Å²) in [5.41, 5.74) is 1.42. The number of thioether (sulfide) groups is 1. The smallest absolute Gasteiger partial charge is 0.379 e. The van der Waals surface area contributed by atoms with Gasteiger partial charge in [-0.05, 0) is 59.8 Å². The Bertz CT molecular complexity index is 1400. The molecule has 34 heavy (non-hydrogen) atoms. The molecule has 0 aliphatic carbocycles. The van der Waals surface area contributed by atoms with Crippen LogP contribution in [0.5, 0.6) is 11.5 Å². The first-order valence-electron chi connectivity index (χ1n) is 9.88. The van der Waals surface area contributed by atoms with E-state index < -0.39 is 11.9 Å². The summed E-state index contributed by atoms with van der Waals surface area (Å²) in [5, 5.41) is 15.2. The first-order chi connectivity index (χ1) is 16.5. The highest BCUT2D eigenvalue weighted by molar-refractivity contribution is 8.27. The van der Waals surface area contributed by atoms with Crippen LogP contribution in [0.3, 0.4) is 0 Å². The number of furan rings is 1. The van der Waals surface area contributed by atoms with Crippen LogP contribution < -0.4 is 9.47 Å². The number of hydrogen-bond donors (Lipinski definition) is 1. The Labute approximate surface area is 197 Å². The van der Waals surface area contributed by atoms with Crippen LogP contribution in [0.25, 0.3) is 6.08 Å². The Kier molecular flexibility index (Phi) is 5.52. The molecule has 0 unspecified atom stereocenters. The lowest BCUT2D eigenvalue weighted by atomic mass is 10.1. The molecule has 1 amide bonds. The number of pyridine rings is 1. The summed E-state index contributed by atoms with van der Waals surface area (Å²) in [4.78, 5) is 32.9. The Hall–Kier alpha value is -4.51. The highest BCUT2D eigenvalue weighted by Gasteiger charge is 2.36. The van der Waals surface area contributed by atoms with Crippen LogP contribution in [0.1, 0.15) is 21.7 Å². The Morgan fingerprint density at radius 1 is 1.18 bits per heavy atom. The number of hydrazone groups is 1. The molecule has 10 nitrogen and oxygen atoms in total. The van der Waals surface area contributed by atoms with Crippen LogP contribution >= 0.6 is 11.8 Å². The van der Waals surface area contributed by atoms with E-state index in [9.17, 15) is 9.59 Å². The van der Waals surface area contributed by atoms with E-state index in [1.165, 1.54) is 48.4 Å². The van der Waals surface area contributed by atoms with E-state index >= 15 is 0 Å². The van der Waals surface area contributed by atoms with Gasteiger partial charge in [-0.1, -0.05) is 6.07 Å². The summed E-state index contributed by atoms with van der Waals surface area (Å²) < 4.78 is 15.7. The molecule has 0 saturated heterocycles. The van der Waals surface area contributed by atoms with Gasteiger partial charge in [0.05, 0.1) is 18.9 Å². The molecule has 4 heterocycles. The van der Waals surface area contributed by atoms with Gasteiger partial charge in [-0.15, -0.1) is 0 Å². The Balaban J connectivity index is 1.41. The summed E-state index contributed by atoms with van der Waals surface area (Å²) in [6, 6.07) is 11.4. The predicted molar refractivity (Wildman–Crippen MR) is 125 cm³/mol. The molecule has 0 spiro atoms. The largest absolute Gasteiger partial charge is 0.493 e. The van der Waals surface area contributed by atoms with Crippen molar-refractivity contribution in [1.82, 2.24) is 9.99 Å². The molecule has 2 aromatic heterocycles. The van der Waals surface area contributed by atoms with Crippen LogP contribution in [-0.2, 0) is 4.79 Å². The normalized spacial score (nSPS) is 16.3. The average molecular weight is 473 g/mol. The minimum Gasteiger partial charge on any atom is -0.493 e. The lowest BCUT2D eigenvalue weighted by molar-refractivity contribution is -0.114. The second-order valence-corrected chi connectivity index (χ2v) is 7.89. The van der Waals surface area contributed by atoms with E-state index in [1.54, 1.807) is 42.7 Å². The van der Waals surface area contributed by atoms with Gasteiger partial charge in [-0.25, -0.2) is 4.79 Å². The summed E-state index contributed by atoms with van der Waals surface area (Å²) in [6.07, 6.45) is 6.16. The number of fused-ring (bicyclic) bond motifs is 1. The van der Waals surface area contributed by atoms with E-state index in [0.29, 0.717) is 15.8 Å². The highest BCUT2D eigenvalue weighted by atomic mass is 32.2. The first kappa shape index (κ1) is 21.3. The molecule has 168 valence electrons. The van der Waals surface area contributed by atoms with Crippen molar-refractivity contribution in [2.45, 2.75) is 0 Å². The van der Waals surface area contributed by atoms with Crippen LogP contribution in [-0.4, -0.2) is 45.0 Å². The fraction of sp³-hybridized carbons (Fsp3) is 0.0435. The average Bonchev–Trinajstić information content (AvgIpc) is 3.54. The minimum absolute atomic E-state index is 0.0540. The molecule has 11 heteroatoms. The lowest BCUT2D eigenvalue weighted by Crippen LogP contribution is -2.35. The molecule has 1 aromatic carbocycles. The summed E-state index contributed by atoms with van der Waals surface area (Å²) >= 11 is 1.21. The molecule has 5 rings (SSSR count). The Morgan fingerprint density at radius 3 is 2.74 bits per heavy atom. The number of carbonyl (C=O) groups excluding carboxylic acids is 2. The number of methoxy groups -OCH3 is 1. The van der Waals surface area contributed by atoms with Gasteiger partial charge >= 0.3 is 5.97 Å². The van der Waals surface area contributed by atoms with E-state index in [-0.39, 0.29) is 28.7 Å². The maximum Gasteiger partial charge on any atom is 0.379 e. The topological polar surface area (TPSA) is 130 Å². The fourth-order valence-electron chi connectivity index (χ4n) is 3.17. The predicted octanol–water partition coefficient (Wildman–Crippen LogP) is 3.57. The van der Waals surface area contributed by atoms with Gasteiger partial charge < -0.3 is 13.9 Å². The second-order valence-electron chi connectivity index (χ2n) is 6.94. The van der Waals surface area contributed by atoms with Crippen molar-refractivity contribution in [3.05, 3.63) is 83.6 Å². The van der Waals surface area contributed by atoms with Gasteiger partial charge in [0.2, 0.25) is 10.9 Å². The van der Waals surface area contributed by atoms with Crippen molar-refractivity contribution in [2.24, 2.45) is 10.1 Å². The molecular weight excluding hydrogens is 458 g/mol. The van der Waals surface area contributed by atoms with E-state index in [2.05, 4.69) is 15.1 Å². The zero-order valence-electron chi connectivity index (χ0n) is 17.6. The van der Waals surface area contributed by atoms with Gasteiger partial charge in [0.15, 0.2) is 17.3 Å². The van der Waals surface area contributed by atoms with Crippen molar-refractivity contribution in [1.29, 1.82) is 5.41 Å². The van der Waals surface area contributed by atoms with Gasteiger partial charge in [0.1, 0.15) is 5.04 Å². The number of amides is 1. The third-order valence-corrected chi connectivity index (χ3v) is 5.76. The summed E-state index contributed by atoms with van der Waals surface area (Å²) in [6.45, 7) is 0. The second kappa shape index (κ2) is 8.79. The Morgan fingerprint density at radius 2 is 2.00 bits per heavy atom. The highest BCUT2D eigenvalue weighted by Crippen LogP contribution is 2.33. The van der Waals surface area contributed by atoms with E-state index in [1.807, 2.05) is 0 Å². The van der Waals surface area contributed by atoms with E-state index in [4.69, 9.17) is 19.3 Å². The zero-order chi connectivity index (χ0) is 23.7. The zero-order valence-corrected chi connectivity index (χ0v) is 18.4. The summed E-state index contributed by atoms with van der Waals surface area (Å²) in [5.74, 6) is -0.823. The van der Waals surface area contributed by atoms with Crippen LogP contribution in [0.2, 0.25) is 0 Å². The number of carbonyl (C=O) groups is 2. The van der Waals surface area contributed by atoms with Crippen LogP contribution in [0, 0.1) is 5.41 Å². The number of nitrogens with zero attached hydrogens (tertiary/aromatic N) is 4. The van der Waals surface area contributed by atoms with Crippen LogP contribution in [0.15, 0.2) is 81.2 Å². The number of hydrogen-bond acceptors (Lipinski definition) is 9. The van der Waals surface area contributed by atoms with Crippen molar-refractivity contribution in [3.63, 3.8) is 0 Å². The first-order valence-corrected chi connectivity index (χ1v) is 10.7. The number of aliphatic imine (C=N–C) groups is 1. The molecule has 0 bridgehead atoms. The van der Waals surface area contributed by atoms with Gasteiger partial charge in [-0.2, -0.15) is 15.1 Å².